The Morgan fingerprint density at radius 3 is 1.56 bits per heavy atom. The summed E-state index contributed by atoms with van der Waals surface area (Å²) in [5, 5.41) is 11.5. The third-order valence-electron chi connectivity index (χ3n) is 5.81. The van der Waals surface area contributed by atoms with Gasteiger partial charge in [-0.2, -0.15) is 0 Å². The fourth-order valence-electron chi connectivity index (χ4n) is 3.86. The molecule has 0 aliphatic heterocycles. The van der Waals surface area contributed by atoms with E-state index in [-0.39, 0.29) is 5.91 Å². The van der Waals surface area contributed by atoms with E-state index in [1.165, 1.54) is 83.5 Å². The van der Waals surface area contributed by atoms with Gasteiger partial charge in [0.05, 0.1) is 0 Å². The predicted molar refractivity (Wildman–Crippen MR) is 131 cm³/mol. The van der Waals surface area contributed by atoms with Crippen molar-refractivity contribution in [1.29, 1.82) is 0 Å². The first-order valence-electron chi connectivity index (χ1n) is 12.7. The monoisotopic (exact) mass is 445 g/mol. The van der Waals surface area contributed by atoms with Crippen molar-refractivity contribution < 1.29 is 19.5 Å². The van der Waals surface area contributed by atoms with E-state index in [1.807, 2.05) is 0 Å². The molecule has 0 spiro atoms. The van der Waals surface area contributed by atoms with Crippen molar-refractivity contribution in [3.8, 4) is 0 Å². The molecular formula is C27H43NO4. The summed E-state index contributed by atoms with van der Waals surface area (Å²) in [7, 11) is 0. The lowest BCUT2D eigenvalue weighted by Crippen LogP contribution is -2.11. The molecule has 0 saturated heterocycles. The fraction of sp³-hybridized carbons (Fsp3) is 0.667. The van der Waals surface area contributed by atoms with Crippen LogP contribution in [0.2, 0.25) is 0 Å². The molecule has 0 radical (unpaired) electrons. The average molecular weight is 446 g/mol. The van der Waals surface area contributed by atoms with E-state index >= 15 is 0 Å². The Bertz CT molecular complexity index is 654. The van der Waals surface area contributed by atoms with Crippen LogP contribution in [0.15, 0.2) is 24.3 Å². The predicted octanol–water partition coefficient (Wildman–Crippen LogP) is 7.54. The van der Waals surface area contributed by atoms with E-state index in [1.54, 1.807) is 24.3 Å². The molecule has 1 rings (SSSR count). The number of carbonyl (C=O) groups excluding carboxylic acids is 2. The first-order valence-corrected chi connectivity index (χ1v) is 12.7. The molecule has 0 atom stereocenters. The fourth-order valence-corrected chi connectivity index (χ4v) is 3.86. The summed E-state index contributed by atoms with van der Waals surface area (Å²) in [5.74, 6) is -1.60. The van der Waals surface area contributed by atoms with Crippen molar-refractivity contribution >= 4 is 23.3 Å². The van der Waals surface area contributed by atoms with Crippen LogP contribution in [0.5, 0.6) is 0 Å². The lowest BCUT2D eigenvalue weighted by molar-refractivity contribution is -0.135. The lowest BCUT2D eigenvalue weighted by Gasteiger charge is -2.06. The molecule has 1 amide bonds. The molecule has 0 aliphatic carbocycles. The van der Waals surface area contributed by atoms with Crippen molar-refractivity contribution in [1.82, 2.24) is 0 Å². The van der Waals surface area contributed by atoms with Crippen molar-refractivity contribution in [3.63, 3.8) is 0 Å². The number of anilines is 1. The zero-order chi connectivity index (χ0) is 23.4. The Hall–Kier alpha value is -2.17. The topological polar surface area (TPSA) is 83.5 Å². The van der Waals surface area contributed by atoms with Gasteiger partial charge in [-0.3, -0.25) is 14.4 Å². The largest absolute Gasteiger partial charge is 0.481 e. The third-order valence-corrected chi connectivity index (χ3v) is 5.81. The average Bonchev–Trinajstić information content (AvgIpc) is 2.76. The Labute approximate surface area is 194 Å². The van der Waals surface area contributed by atoms with E-state index in [4.69, 9.17) is 5.11 Å². The number of ketones is 1. The second kappa shape index (κ2) is 18.4. The molecule has 0 unspecified atom stereocenters. The van der Waals surface area contributed by atoms with Gasteiger partial charge in [0, 0.05) is 17.7 Å². The highest BCUT2D eigenvalue weighted by Gasteiger charge is 2.10. The minimum Gasteiger partial charge on any atom is -0.481 e. The van der Waals surface area contributed by atoms with E-state index in [0.29, 0.717) is 17.7 Å². The number of Topliss-reactive ketones (excluding diaryl/α,β-unsaturated/α-hetero) is 1. The molecule has 0 fully saturated rings. The smallest absolute Gasteiger partial charge is 0.311 e. The van der Waals surface area contributed by atoms with Gasteiger partial charge in [-0.15, -0.1) is 0 Å². The van der Waals surface area contributed by atoms with Crippen LogP contribution in [0.3, 0.4) is 0 Å². The molecule has 0 aromatic heterocycles. The number of nitrogens with one attached hydrogen (secondary N) is 1. The van der Waals surface area contributed by atoms with Gasteiger partial charge in [-0.05, 0) is 30.7 Å². The standard InChI is InChI=1S/C27H43NO4/c1-2-3-4-5-6-7-8-9-10-11-12-13-14-15-16-17-26(30)28-24-20-18-23(19-21-24)25(29)22-27(31)32/h18-21H,2-17,22H2,1H3,(H,28,30)(H,31,32). The number of rotatable bonds is 20. The van der Waals surface area contributed by atoms with Crippen LogP contribution < -0.4 is 5.32 Å². The summed E-state index contributed by atoms with van der Waals surface area (Å²) in [6.45, 7) is 2.26. The molecule has 32 heavy (non-hydrogen) atoms. The number of unbranched alkanes of at least 4 members (excludes halogenated alkanes) is 14. The maximum atomic E-state index is 12.1. The first-order chi connectivity index (χ1) is 15.5. The van der Waals surface area contributed by atoms with E-state index in [0.717, 1.165) is 12.8 Å². The summed E-state index contributed by atoms with van der Waals surface area (Å²) in [6.07, 6.45) is 19.5. The van der Waals surface area contributed by atoms with Gasteiger partial charge in [0.15, 0.2) is 5.78 Å². The van der Waals surface area contributed by atoms with Crippen LogP contribution in [-0.4, -0.2) is 22.8 Å². The van der Waals surface area contributed by atoms with Gasteiger partial charge in [0.1, 0.15) is 6.42 Å². The van der Waals surface area contributed by atoms with Crippen LogP contribution in [-0.2, 0) is 9.59 Å². The SMILES string of the molecule is CCCCCCCCCCCCCCCCCC(=O)Nc1ccc(C(=O)CC(=O)O)cc1. The molecule has 1 aromatic rings. The zero-order valence-electron chi connectivity index (χ0n) is 20.0. The number of benzene rings is 1. The molecule has 0 aliphatic rings. The van der Waals surface area contributed by atoms with Gasteiger partial charge >= 0.3 is 5.97 Å². The van der Waals surface area contributed by atoms with Crippen LogP contribution >= 0.6 is 0 Å². The number of carboxylic acids is 1. The lowest BCUT2D eigenvalue weighted by atomic mass is 10.0. The number of carboxylic acid groups (broad SMARTS) is 1. The molecule has 0 heterocycles. The van der Waals surface area contributed by atoms with Gasteiger partial charge in [0.2, 0.25) is 5.91 Å². The molecule has 5 nitrogen and oxygen atoms in total. The number of carbonyl (C=O) groups is 3. The van der Waals surface area contributed by atoms with Crippen LogP contribution in [0.1, 0.15) is 126 Å². The Morgan fingerprint density at radius 1 is 0.688 bits per heavy atom. The third kappa shape index (κ3) is 14.8. The van der Waals surface area contributed by atoms with Crippen LogP contribution in [0, 0.1) is 0 Å². The van der Waals surface area contributed by atoms with Crippen molar-refractivity contribution in [2.24, 2.45) is 0 Å². The zero-order valence-corrected chi connectivity index (χ0v) is 20.0. The normalized spacial score (nSPS) is 10.8. The Morgan fingerprint density at radius 2 is 1.12 bits per heavy atom. The van der Waals surface area contributed by atoms with Crippen LogP contribution in [0.4, 0.5) is 5.69 Å². The van der Waals surface area contributed by atoms with Crippen LogP contribution in [0.25, 0.3) is 0 Å². The highest BCUT2D eigenvalue weighted by Crippen LogP contribution is 2.15. The summed E-state index contributed by atoms with van der Waals surface area (Å²) in [4.78, 5) is 34.3. The summed E-state index contributed by atoms with van der Waals surface area (Å²) in [5.41, 5.74) is 0.968. The maximum absolute atomic E-state index is 12.1. The Kier molecular flexibility index (Phi) is 16.0. The molecule has 180 valence electrons. The maximum Gasteiger partial charge on any atom is 0.311 e. The summed E-state index contributed by atoms with van der Waals surface area (Å²) in [6, 6.07) is 6.38. The highest BCUT2D eigenvalue weighted by molar-refractivity contribution is 6.05. The van der Waals surface area contributed by atoms with E-state index in [2.05, 4.69) is 12.2 Å². The summed E-state index contributed by atoms with van der Waals surface area (Å²) < 4.78 is 0. The molecular weight excluding hydrogens is 402 g/mol. The quantitative estimate of drug-likeness (QED) is 0.123. The van der Waals surface area contributed by atoms with E-state index in [9.17, 15) is 14.4 Å². The highest BCUT2D eigenvalue weighted by atomic mass is 16.4. The minimum absolute atomic E-state index is 0.0238. The van der Waals surface area contributed by atoms with Gasteiger partial charge in [-0.1, -0.05) is 96.8 Å². The molecule has 0 bridgehead atoms. The van der Waals surface area contributed by atoms with Crippen molar-refractivity contribution in [2.75, 3.05) is 5.32 Å². The Balaban J connectivity index is 1.96. The van der Waals surface area contributed by atoms with Gasteiger partial charge in [-0.25, -0.2) is 0 Å². The van der Waals surface area contributed by atoms with Crippen molar-refractivity contribution in [3.05, 3.63) is 29.8 Å². The second-order valence-corrected chi connectivity index (χ2v) is 8.82. The van der Waals surface area contributed by atoms with Gasteiger partial charge < -0.3 is 10.4 Å². The number of hydrogen-bond acceptors (Lipinski definition) is 3. The van der Waals surface area contributed by atoms with E-state index < -0.39 is 18.2 Å². The van der Waals surface area contributed by atoms with Crippen molar-refractivity contribution in [2.45, 2.75) is 116 Å². The molecule has 5 heteroatoms. The second-order valence-electron chi connectivity index (χ2n) is 8.82. The first kappa shape index (κ1) is 27.9. The molecule has 0 saturated carbocycles. The number of hydrogen-bond donors (Lipinski definition) is 2. The summed E-state index contributed by atoms with van der Waals surface area (Å²) >= 11 is 0. The van der Waals surface area contributed by atoms with Gasteiger partial charge in [0.25, 0.3) is 0 Å². The number of amides is 1. The molecule has 1 aromatic carbocycles. The number of aliphatic carboxylic acids is 1. The molecule has 2 N–H and O–H groups in total. The minimum atomic E-state index is -1.14.